The third-order valence-corrected chi connectivity index (χ3v) is 6.57. The highest BCUT2D eigenvalue weighted by Gasteiger charge is 2.23. The molecule has 3 aromatic heterocycles. The Kier molecular flexibility index (Phi) is 6.15. The Morgan fingerprint density at radius 3 is 2.87 bits per heavy atom. The van der Waals surface area contributed by atoms with Crippen molar-refractivity contribution in [3.8, 4) is 0 Å². The van der Waals surface area contributed by atoms with E-state index in [2.05, 4.69) is 52.1 Å². The molecule has 3 aromatic rings. The Hall–Kier alpha value is -2.32. The van der Waals surface area contributed by atoms with Gasteiger partial charge in [0.2, 0.25) is 0 Å². The molecule has 1 aliphatic rings. The number of hydrogen-bond donors (Lipinski definition) is 1. The van der Waals surface area contributed by atoms with Crippen LogP contribution < -0.4 is 10.9 Å². The Balaban J connectivity index is 1.42. The van der Waals surface area contributed by atoms with E-state index in [0.717, 1.165) is 47.8 Å². The lowest BCUT2D eigenvalue weighted by Gasteiger charge is -2.36. The molecule has 1 fully saturated rings. The lowest BCUT2D eigenvalue weighted by atomic mass is 9.92. The fourth-order valence-corrected chi connectivity index (χ4v) is 4.70. The summed E-state index contributed by atoms with van der Waals surface area (Å²) in [6.45, 7) is 9.69. The van der Waals surface area contributed by atoms with Crippen LogP contribution in [-0.4, -0.2) is 50.3 Å². The minimum Gasteiger partial charge on any atom is -0.368 e. The third-order valence-electron chi connectivity index (χ3n) is 5.75. The van der Waals surface area contributed by atoms with Gasteiger partial charge < -0.3 is 5.32 Å². The van der Waals surface area contributed by atoms with Crippen LogP contribution in [0.1, 0.15) is 45.7 Å². The molecule has 4 rings (SSSR count). The van der Waals surface area contributed by atoms with E-state index in [9.17, 15) is 4.79 Å². The van der Waals surface area contributed by atoms with Crippen molar-refractivity contribution >= 4 is 27.4 Å². The topological polar surface area (TPSA) is 75.9 Å². The Morgan fingerprint density at radius 1 is 1.17 bits per heavy atom. The molecule has 7 nitrogen and oxygen atoms in total. The lowest BCUT2D eigenvalue weighted by Crippen LogP contribution is -2.45. The largest absolute Gasteiger partial charge is 0.368 e. The smallest absolute Gasteiger partial charge is 0.266 e. The maximum atomic E-state index is 12.3. The second kappa shape index (κ2) is 8.81. The molecule has 0 bridgehead atoms. The van der Waals surface area contributed by atoms with Crippen molar-refractivity contribution in [2.75, 3.05) is 25.0 Å². The van der Waals surface area contributed by atoms with Crippen LogP contribution in [0.5, 0.6) is 0 Å². The molecule has 4 heterocycles. The SMILES string of the molecule is CC(C)(C)c1ccc(=O)n(CCN2CCCCC2CNc2ncnc3sccc23)n1. The number of piperidine rings is 1. The summed E-state index contributed by atoms with van der Waals surface area (Å²) in [5.41, 5.74) is 0.843. The van der Waals surface area contributed by atoms with Gasteiger partial charge in [0.1, 0.15) is 17.0 Å². The molecular formula is C22H30N6OS. The molecule has 0 aliphatic carbocycles. The van der Waals surface area contributed by atoms with Gasteiger partial charge in [-0.15, -0.1) is 11.3 Å². The first-order valence-corrected chi connectivity index (χ1v) is 11.5. The van der Waals surface area contributed by atoms with Gasteiger partial charge in [0.25, 0.3) is 5.56 Å². The summed E-state index contributed by atoms with van der Waals surface area (Å²) >= 11 is 1.63. The van der Waals surface area contributed by atoms with Gasteiger partial charge >= 0.3 is 0 Å². The Bertz CT molecular complexity index is 1050. The van der Waals surface area contributed by atoms with Gasteiger partial charge in [-0.05, 0) is 36.9 Å². The molecule has 0 amide bonds. The molecule has 0 aromatic carbocycles. The molecule has 1 N–H and O–H groups in total. The van der Waals surface area contributed by atoms with Gasteiger partial charge in [0.15, 0.2) is 0 Å². The summed E-state index contributed by atoms with van der Waals surface area (Å²) in [5, 5.41) is 11.3. The quantitative estimate of drug-likeness (QED) is 0.650. The van der Waals surface area contributed by atoms with E-state index in [0.29, 0.717) is 12.6 Å². The van der Waals surface area contributed by atoms with E-state index in [4.69, 9.17) is 0 Å². The predicted molar refractivity (Wildman–Crippen MR) is 122 cm³/mol. The molecule has 0 spiro atoms. The maximum absolute atomic E-state index is 12.3. The highest BCUT2D eigenvalue weighted by Crippen LogP contribution is 2.25. The molecule has 1 unspecified atom stereocenters. The first-order valence-electron chi connectivity index (χ1n) is 10.7. The zero-order valence-corrected chi connectivity index (χ0v) is 18.8. The molecule has 0 radical (unpaired) electrons. The van der Waals surface area contributed by atoms with Crippen LogP contribution in [0.15, 0.2) is 34.7 Å². The van der Waals surface area contributed by atoms with E-state index in [1.807, 2.05) is 11.4 Å². The summed E-state index contributed by atoms with van der Waals surface area (Å²) in [5.74, 6) is 0.905. The number of nitrogens with zero attached hydrogens (tertiary/aromatic N) is 5. The van der Waals surface area contributed by atoms with Crippen molar-refractivity contribution < 1.29 is 0 Å². The van der Waals surface area contributed by atoms with Crippen molar-refractivity contribution in [3.63, 3.8) is 0 Å². The van der Waals surface area contributed by atoms with Crippen LogP contribution >= 0.6 is 11.3 Å². The zero-order valence-electron chi connectivity index (χ0n) is 18.0. The van der Waals surface area contributed by atoms with Crippen LogP contribution in [0.2, 0.25) is 0 Å². The van der Waals surface area contributed by atoms with Crippen LogP contribution in [0.3, 0.4) is 0 Å². The minimum absolute atomic E-state index is 0.0319. The van der Waals surface area contributed by atoms with Crippen molar-refractivity contribution in [2.24, 2.45) is 0 Å². The minimum atomic E-state index is -0.0719. The maximum Gasteiger partial charge on any atom is 0.266 e. The number of anilines is 1. The average Bonchev–Trinajstić information content (AvgIpc) is 3.21. The van der Waals surface area contributed by atoms with E-state index in [1.165, 1.54) is 12.8 Å². The van der Waals surface area contributed by atoms with Gasteiger partial charge in [-0.2, -0.15) is 5.10 Å². The fourth-order valence-electron chi connectivity index (χ4n) is 3.96. The molecule has 8 heteroatoms. The van der Waals surface area contributed by atoms with Crippen molar-refractivity contribution in [1.29, 1.82) is 0 Å². The summed E-state index contributed by atoms with van der Waals surface area (Å²) in [4.78, 5) is 24.6. The van der Waals surface area contributed by atoms with E-state index in [1.54, 1.807) is 28.4 Å². The molecule has 160 valence electrons. The Labute approximate surface area is 181 Å². The van der Waals surface area contributed by atoms with Crippen molar-refractivity contribution in [2.45, 2.75) is 58.0 Å². The standard InChI is InChI=1S/C22H30N6OS/c1-22(2,3)18-7-8-19(29)28(26-18)12-11-27-10-5-4-6-16(27)14-23-20-17-9-13-30-21(17)25-15-24-20/h7-9,13,15-16H,4-6,10-12,14H2,1-3H3,(H,23,24,25). The van der Waals surface area contributed by atoms with Crippen molar-refractivity contribution in [1.82, 2.24) is 24.6 Å². The van der Waals surface area contributed by atoms with Gasteiger partial charge in [0, 0.05) is 30.6 Å². The van der Waals surface area contributed by atoms with Crippen LogP contribution in [0, 0.1) is 0 Å². The van der Waals surface area contributed by atoms with E-state index in [-0.39, 0.29) is 11.0 Å². The lowest BCUT2D eigenvalue weighted by molar-refractivity contribution is 0.147. The first-order chi connectivity index (χ1) is 14.4. The van der Waals surface area contributed by atoms with Crippen LogP contribution in [-0.2, 0) is 12.0 Å². The molecular weight excluding hydrogens is 396 g/mol. The predicted octanol–water partition coefficient (Wildman–Crippen LogP) is 3.51. The summed E-state index contributed by atoms with van der Waals surface area (Å²) < 4.78 is 1.62. The zero-order chi connectivity index (χ0) is 21.1. The molecule has 1 aliphatic heterocycles. The van der Waals surface area contributed by atoms with Crippen molar-refractivity contribution in [3.05, 3.63) is 46.0 Å². The van der Waals surface area contributed by atoms with Crippen LogP contribution in [0.25, 0.3) is 10.2 Å². The normalized spacial score (nSPS) is 18.0. The summed E-state index contributed by atoms with van der Waals surface area (Å²) in [6.07, 6.45) is 5.21. The van der Waals surface area contributed by atoms with Gasteiger partial charge in [0.05, 0.1) is 17.6 Å². The van der Waals surface area contributed by atoms with Crippen LogP contribution in [0.4, 0.5) is 5.82 Å². The third kappa shape index (κ3) is 4.70. The van der Waals surface area contributed by atoms with Gasteiger partial charge in [-0.1, -0.05) is 27.2 Å². The molecule has 1 atom stereocenters. The number of likely N-dealkylation sites (tertiary alicyclic amines) is 1. The number of rotatable bonds is 6. The number of thiophene rings is 1. The molecule has 30 heavy (non-hydrogen) atoms. The highest BCUT2D eigenvalue weighted by atomic mass is 32.1. The van der Waals surface area contributed by atoms with Gasteiger partial charge in [-0.3, -0.25) is 9.69 Å². The first kappa shape index (κ1) is 20.9. The highest BCUT2D eigenvalue weighted by molar-refractivity contribution is 7.16. The second-order valence-corrected chi connectivity index (χ2v) is 9.85. The number of fused-ring (bicyclic) bond motifs is 1. The molecule has 0 saturated carbocycles. The average molecular weight is 427 g/mol. The fraction of sp³-hybridized carbons (Fsp3) is 0.545. The monoisotopic (exact) mass is 426 g/mol. The number of aromatic nitrogens is 4. The molecule has 1 saturated heterocycles. The number of hydrogen-bond acceptors (Lipinski definition) is 7. The summed E-state index contributed by atoms with van der Waals surface area (Å²) in [7, 11) is 0. The van der Waals surface area contributed by atoms with Gasteiger partial charge in [-0.25, -0.2) is 14.6 Å². The van der Waals surface area contributed by atoms with E-state index >= 15 is 0 Å². The Morgan fingerprint density at radius 2 is 2.03 bits per heavy atom. The van der Waals surface area contributed by atoms with E-state index < -0.39 is 0 Å². The number of nitrogens with one attached hydrogen (secondary N) is 1. The summed E-state index contributed by atoms with van der Waals surface area (Å²) in [6, 6.07) is 5.98. The second-order valence-electron chi connectivity index (χ2n) is 8.96.